The summed E-state index contributed by atoms with van der Waals surface area (Å²) in [6.07, 6.45) is 0.682. The summed E-state index contributed by atoms with van der Waals surface area (Å²) in [5.74, 6) is 5.83. The van der Waals surface area contributed by atoms with Gasteiger partial charge in [0.1, 0.15) is 5.56 Å². The van der Waals surface area contributed by atoms with Gasteiger partial charge in [-0.3, -0.25) is 10.1 Å². The van der Waals surface area contributed by atoms with E-state index in [0.717, 1.165) is 17.7 Å². The van der Waals surface area contributed by atoms with E-state index in [1.54, 1.807) is 6.07 Å². The average molecular weight is 232 g/mol. The van der Waals surface area contributed by atoms with Crippen molar-refractivity contribution in [3.8, 4) is 11.8 Å². The molecule has 0 fully saturated rings. The van der Waals surface area contributed by atoms with Crippen molar-refractivity contribution in [3.63, 3.8) is 0 Å². The Morgan fingerprint density at radius 3 is 2.71 bits per heavy atom. The van der Waals surface area contributed by atoms with E-state index in [1.807, 2.05) is 27.0 Å². The molecule has 90 valence electrons. The van der Waals surface area contributed by atoms with Crippen LogP contribution in [0.1, 0.15) is 23.1 Å². The second-order valence-corrected chi connectivity index (χ2v) is 3.89. The zero-order chi connectivity index (χ0) is 12.8. The van der Waals surface area contributed by atoms with Crippen LogP contribution in [0.2, 0.25) is 0 Å². The number of nitrogens with one attached hydrogen (secondary N) is 1. The lowest BCUT2D eigenvalue weighted by molar-refractivity contribution is -0.385. The molecule has 0 aliphatic carbocycles. The van der Waals surface area contributed by atoms with E-state index in [0.29, 0.717) is 12.0 Å². The molecule has 0 amide bonds. The summed E-state index contributed by atoms with van der Waals surface area (Å²) < 4.78 is 0. The van der Waals surface area contributed by atoms with Crippen LogP contribution >= 0.6 is 0 Å². The van der Waals surface area contributed by atoms with Crippen LogP contribution in [0, 0.1) is 35.8 Å². The van der Waals surface area contributed by atoms with E-state index in [1.165, 1.54) is 0 Å². The summed E-state index contributed by atoms with van der Waals surface area (Å²) >= 11 is 0. The molecule has 4 nitrogen and oxygen atoms in total. The minimum absolute atomic E-state index is 0.0967. The highest BCUT2D eigenvalue weighted by Gasteiger charge is 2.14. The van der Waals surface area contributed by atoms with Crippen molar-refractivity contribution in [2.45, 2.75) is 20.3 Å². The summed E-state index contributed by atoms with van der Waals surface area (Å²) in [6, 6.07) is 3.48. The Morgan fingerprint density at radius 1 is 1.41 bits per heavy atom. The first-order valence-corrected chi connectivity index (χ1v) is 5.45. The number of hydrogen-bond acceptors (Lipinski definition) is 3. The van der Waals surface area contributed by atoms with Crippen LogP contribution in [0.15, 0.2) is 12.1 Å². The topological polar surface area (TPSA) is 55.2 Å². The largest absolute Gasteiger partial charge is 0.319 e. The molecule has 0 aromatic heterocycles. The van der Waals surface area contributed by atoms with Crippen LogP contribution in [-0.4, -0.2) is 18.5 Å². The summed E-state index contributed by atoms with van der Waals surface area (Å²) in [7, 11) is 1.85. The molecule has 0 aliphatic heterocycles. The van der Waals surface area contributed by atoms with Gasteiger partial charge < -0.3 is 5.32 Å². The first-order valence-electron chi connectivity index (χ1n) is 5.45. The molecule has 1 rings (SSSR count). The number of nitro benzene ring substituents is 1. The van der Waals surface area contributed by atoms with Crippen LogP contribution in [0.4, 0.5) is 5.69 Å². The second-order valence-electron chi connectivity index (χ2n) is 3.89. The average Bonchev–Trinajstić information content (AvgIpc) is 2.25. The van der Waals surface area contributed by atoms with E-state index in [-0.39, 0.29) is 10.6 Å². The molecule has 0 radical (unpaired) electrons. The molecule has 0 bridgehead atoms. The number of nitro groups is 1. The Kier molecular flexibility index (Phi) is 4.68. The Balaban J connectivity index is 3.11. The van der Waals surface area contributed by atoms with Gasteiger partial charge in [0.25, 0.3) is 5.69 Å². The number of aryl methyl sites for hydroxylation is 2. The predicted octanol–water partition coefficient (Wildman–Crippen LogP) is 2.17. The van der Waals surface area contributed by atoms with Gasteiger partial charge in [-0.15, -0.1) is 0 Å². The third kappa shape index (κ3) is 3.58. The molecular weight excluding hydrogens is 216 g/mol. The highest BCUT2D eigenvalue weighted by molar-refractivity contribution is 5.56. The van der Waals surface area contributed by atoms with Gasteiger partial charge in [0.15, 0.2) is 0 Å². The lowest BCUT2D eigenvalue weighted by atomic mass is 10.0. The zero-order valence-electron chi connectivity index (χ0n) is 10.3. The quantitative estimate of drug-likeness (QED) is 0.376. The molecule has 0 aliphatic rings. The Labute approximate surface area is 101 Å². The normalized spacial score (nSPS) is 9.59. The molecule has 17 heavy (non-hydrogen) atoms. The molecule has 0 heterocycles. The number of nitrogens with zero attached hydrogens (tertiary/aromatic N) is 1. The summed E-state index contributed by atoms with van der Waals surface area (Å²) in [6.45, 7) is 4.48. The molecule has 1 N–H and O–H groups in total. The molecule has 0 saturated carbocycles. The van der Waals surface area contributed by atoms with Crippen LogP contribution in [0.25, 0.3) is 0 Å². The predicted molar refractivity (Wildman–Crippen MR) is 68.0 cm³/mol. The van der Waals surface area contributed by atoms with Gasteiger partial charge in [-0.25, -0.2) is 0 Å². The van der Waals surface area contributed by atoms with E-state index < -0.39 is 0 Å². The van der Waals surface area contributed by atoms with Crippen molar-refractivity contribution < 1.29 is 4.92 Å². The fourth-order valence-electron chi connectivity index (χ4n) is 1.59. The minimum atomic E-state index is -0.373. The zero-order valence-corrected chi connectivity index (χ0v) is 10.3. The van der Waals surface area contributed by atoms with Crippen LogP contribution in [-0.2, 0) is 0 Å². The van der Waals surface area contributed by atoms with Crippen LogP contribution in [0.5, 0.6) is 0 Å². The molecular formula is C13H16N2O2. The molecule has 1 aromatic rings. The number of benzene rings is 1. The maximum atomic E-state index is 10.9. The van der Waals surface area contributed by atoms with Crippen LogP contribution < -0.4 is 5.32 Å². The maximum absolute atomic E-state index is 10.9. The van der Waals surface area contributed by atoms with Gasteiger partial charge in [-0.05, 0) is 32.0 Å². The monoisotopic (exact) mass is 232 g/mol. The Morgan fingerprint density at radius 2 is 2.12 bits per heavy atom. The van der Waals surface area contributed by atoms with Gasteiger partial charge in [0.05, 0.1) is 4.92 Å². The molecule has 4 heteroatoms. The molecule has 0 atom stereocenters. The lowest BCUT2D eigenvalue weighted by Gasteiger charge is -2.02. The van der Waals surface area contributed by atoms with Gasteiger partial charge in [0.2, 0.25) is 0 Å². The van der Waals surface area contributed by atoms with Gasteiger partial charge in [-0.1, -0.05) is 17.9 Å². The smallest absolute Gasteiger partial charge is 0.285 e. The standard InChI is InChI=1S/C13H16N2O2/c1-10-8-11(2)12(6-4-5-7-14-3)13(9-10)15(16)17/h8-9,14H,5,7H2,1-3H3. The van der Waals surface area contributed by atoms with Gasteiger partial charge in [-0.2, -0.15) is 0 Å². The van der Waals surface area contributed by atoms with E-state index in [4.69, 9.17) is 0 Å². The lowest BCUT2D eigenvalue weighted by Crippen LogP contribution is -2.06. The van der Waals surface area contributed by atoms with Crippen molar-refractivity contribution in [2.75, 3.05) is 13.6 Å². The van der Waals surface area contributed by atoms with Crippen LogP contribution in [0.3, 0.4) is 0 Å². The summed E-state index contributed by atoms with van der Waals surface area (Å²) in [5.41, 5.74) is 2.36. The Hall–Kier alpha value is -1.86. The minimum Gasteiger partial charge on any atom is -0.319 e. The first-order chi connectivity index (χ1) is 8.06. The van der Waals surface area contributed by atoms with Gasteiger partial charge >= 0.3 is 0 Å². The number of hydrogen-bond donors (Lipinski definition) is 1. The molecule has 0 unspecified atom stereocenters. The first kappa shape index (κ1) is 13.2. The fraction of sp³-hybridized carbons (Fsp3) is 0.385. The molecule has 1 aromatic carbocycles. The summed E-state index contributed by atoms with van der Waals surface area (Å²) in [4.78, 5) is 10.6. The van der Waals surface area contributed by atoms with E-state index in [9.17, 15) is 10.1 Å². The third-order valence-electron chi connectivity index (χ3n) is 2.37. The van der Waals surface area contributed by atoms with Crippen molar-refractivity contribution >= 4 is 5.69 Å². The fourth-order valence-corrected chi connectivity index (χ4v) is 1.59. The van der Waals surface area contributed by atoms with E-state index in [2.05, 4.69) is 17.2 Å². The second kappa shape index (κ2) is 6.02. The maximum Gasteiger partial charge on any atom is 0.285 e. The van der Waals surface area contributed by atoms with Crippen molar-refractivity contribution in [3.05, 3.63) is 38.9 Å². The van der Waals surface area contributed by atoms with Crippen molar-refractivity contribution in [2.24, 2.45) is 0 Å². The summed E-state index contributed by atoms with van der Waals surface area (Å²) in [5, 5.41) is 13.9. The van der Waals surface area contributed by atoms with E-state index >= 15 is 0 Å². The molecule has 0 saturated heterocycles. The number of rotatable bonds is 3. The van der Waals surface area contributed by atoms with Crippen molar-refractivity contribution in [1.29, 1.82) is 0 Å². The van der Waals surface area contributed by atoms with Crippen molar-refractivity contribution in [1.82, 2.24) is 5.32 Å². The third-order valence-corrected chi connectivity index (χ3v) is 2.37. The SMILES string of the molecule is CNCCC#Cc1c(C)cc(C)cc1[N+](=O)[O-]. The highest BCUT2D eigenvalue weighted by atomic mass is 16.6. The highest BCUT2D eigenvalue weighted by Crippen LogP contribution is 2.23. The van der Waals surface area contributed by atoms with Gasteiger partial charge in [0, 0.05) is 19.0 Å². The molecule has 0 spiro atoms. The Bertz CT molecular complexity index is 484.